The molecular formula is C21H23N5O. The van der Waals surface area contributed by atoms with E-state index in [0.717, 1.165) is 42.8 Å². The van der Waals surface area contributed by atoms with E-state index in [0.29, 0.717) is 12.2 Å². The Morgan fingerprint density at radius 1 is 1.07 bits per heavy atom. The van der Waals surface area contributed by atoms with Crippen molar-refractivity contribution in [2.75, 3.05) is 18.0 Å². The molecule has 0 saturated carbocycles. The summed E-state index contributed by atoms with van der Waals surface area (Å²) in [5.74, 6) is 1.11. The van der Waals surface area contributed by atoms with Gasteiger partial charge in [0.15, 0.2) is 5.65 Å². The van der Waals surface area contributed by atoms with Crippen LogP contribution in [0.2, 0.25) is 0 Å². The van der Waals surface area contributed by atoms with Gasteiger partial charge in [-0.15, -0.1) is 0 Å². The highest BCUT2D eigenvalue weighted by Gasteiger charge is 2.25. The molecule has 1 aliphatic heterocycles. The predicted octanol–water partition coefficient (Wildman–Crippen LogP) is 2.87. The third-order valence-electron chi connectivity index (χ3n) is 5.09. The second-order valence-electron chi connectivity index (χ2n) is 7.03. The number of fused-ring (bicyclic) bond motifs is 1. The number of nitrogens with zero attached hydrogens (tertiary/aromatic N) is 4. The van der Waals surface area contributed by atoms with E-state index >= 15 is 0 Å². The van der Waals surface area contributed by atoms with Gasteiger partial charge in [-0.25, -0.2) is 9.97 Å². The van der Waals surface area contributed by atoms with Crippen molar-refractivity contribution < 1.29 is 4.79 Å². The number of piperidine rings is 1. The molecular weight excluding hydrogens is 338 g/mol. The second kappa shape index (κ2) is 7.70. The molecule has 0 spiro atoms. The quantitative estimate of drug-likeness (QED) is 0.774. The molecule has 4 rings (SSSR count). The maximum Gasteiger partial charge on any atom is 0.223 e. The van der Waals surface area contributed by atoms with Crippen LogP contribution in [0, 0.1) is 12.8 Å². The first-order chi connectivity index (χ1) is 13.2. The van der Waals surface area contributed by atoms with Crippen LogP contribution in [0.4, 0.5) is 5.82 Å². The Bertz CT molecular complexity index is 933. The Morgan fingerprint density at radius 2 is 1.81 bits per heavy atom. The Hall–Kier alpha value is -3.02. The number of amides is 1. The number of hydrogen-bond donors (Lipinski definition) is 1. The van der Waals surface area contributed by atoms with E-state index in [1.54, 1.807) is 12.4 Å². The largest absolute Gasteiger partial charge is 0.356 e. The average molecular weight is 361 g/mol. The zero-order valence-corrected chi connectivity index (χ0v) is 15.4. The van der Waals surface area contributed by atoms with Crippen molar-refractivity contribution in [1.29, 1.82) is 0 Å². The highest BCUT2D eigenvalue weighted by molar-refractivity contribution is 5.79. The van der Waals surface area contributed by atoms with Crippen LogP contribution in [0.25, 0.3) is 11.2 Å². The predicted molar refractivity (Wildman–Crippen MR) is 105 cm³/mol. The van der Waals surface area contributed by atoms with E-state index < -0.39 is 0 Å². The van der Waals surface area contributed by atoms with Gasteiger partial charge in [-0.2, -0.15) is 0 Å². The first-order valence-electron chi connectivity index (χ1n) is 9.35. The molecule has 0 atom stereocenters. The number of carbonyl (C=O) groups is 1. The van der Waals surface area contributed by atoms with Crippen molar-refractivity contribution in [1.82, 2.24) is 20.3 Å². The van der Waals surface area contributed by atoms with E-state index in [-0.39, 0.29) is 11.8 Å². The molecule has 2 aromatic heterocycles. The number of aromatic nitrogens is 3. The maximum atomic E-state index is 12.5. The van der Waals surface area contributed by atoms with E-state index in [2.05, 4.69) is 56.4 Å². The lowest BCUT2D eigenvalue weighted by atomic mass is 9.95. The van der Waals surface area contributed by atoms with Crippen molar-refractivity contribution >= 4 is 22.9 Å². The number of rotatable bonds is 4. The standard InChI is InChI=1S/C21H23N5O/c1-15-2-4-16(5-3-15)14-24-21(27)17-8-12-26(13-9-17)19-7-6-18-20(25-19)23-11-10-22-18/h2-7,10-11,17H,8-9,12-14H2,1H3,(H,24,27). The molecule has 6 heteroatoms. The number of nitrogens with one attached hydrogen (secondary N) is 1. The molecule has 6 nitrogen and oxygen atoms in total. The Morgan fingerprint density at radius 3 is 2.59 bits per heavy atom. The van der Waals surface area contributed by atoms with Gasteiger partial charge in [0.2, 0.25) is 5.91 Å². The van der Waals surface area contributed by atoms with Crippen molar-refractivity contribution in [2.24, 2.45) is 5.92 Å². The molecule has 3 heterocycles. The summed E-state index contributed by atoms with van der Waals surface area (Å²) in [6, 6.07) is 12.2. The molecule has 0 bridgehead atoms. The van der Waals surface area contributed by atoms with E-state index in [4.69, 9.17) is 0 Å². The lowest BCUT2D eigenvalue weighted by Crippen LogP contribution is -2.40. The molecule has 1 aliphatic rings. The summed E-state index contributed by atoms with van der Waals surface area (Å²) >= 11 is 0. The van der Waals surface area contributed by atoms with Crippen molar-refractivity contribution in [2.45, 2.75) is 26.3 Å². The van der Waals surface area contributed by atoms with Gasteiger partial charge in [0.25, 0.3) is 0 Å². The van der Waals surface area contributed by atoms with Crippen molar-refractivity contribution in [3.63, 3.8) is 0 Å². The van der Waals surface area contributed by atoms with Gasteiger partial charge >= 0.3 is 0 Å². The lowest BCUT2D eigenvalue weighted by Gasteiger charge is -2.32. The highest BCUT2D eigenvalue weighted by Crippen LogP contribution is 2.23. The smallest absolute Gasteiger partial charge is 0.223 e. The summed E-state index contributed by atoms with van der Waals surface area (Å²) in [7, 11) is 0. The number of aryl methyl sites for hydroxylation is 1. The molecule has 1 N–H and O–H groups in total. The van der Waals surface area contributed by atoms with Gasteiger partial charge in [-0.05, 0) is 37.5 Å². The summed E-state index contributed by atoms with van der Waals surface area (Å²) in [5, 5.41) is 3.08. The normalized spacial score (nSPS) is 15.1. The SMILES string of the molecule is Cc1ccc(CNC(=O)C2CCN(c3ccc4nccnc4n3)CC2)cc1. The zero-order chi connectivity index (χ0) is 18.6. The maximum absolute atomic E-state index is 12.5. The number of anilines is 1. The van der Waals surface area contributed by atoms with Crippen molar-refractivity contribution in [3.05, 3.63) is 59.9 Å². The lowest BCUT2D eigenvalue weighted by molar-refractivity contribution is -0.125. The topological polar surface area (TPSA) is 71.0 Å². The molecule has 0 radical (unpaired) electrons. The zero-order valence-electron chi connectivity index (χ0n) is 15.4. The van der Waals surface area contributed by atoms with E-state index in [1.165, 1.54) is 5.56 Å². The number of carbonyl (C=O) groups excluding carboxylic acids is 1. The van der Waals surface area contributed by atoms with E-state index in [9.17, 15) is 4.79 Å². The summed E-state index contributed by atoms with van der Waals surface area (Å²) in [4.78, 5) is 27.8. The molecule has 1 amide bonds. The third-order valence-corrected chi connectivity index (χ3v) is 5.09. The van der Waals surface area contributed by atoms with Crippen molar-refractivity contribution in [3.8, 4) is 0 Å². The fourth-order valence-electron chi connectivity index (χ4n) is 3.43. The monoisotopic (exact) mass is 361 g/mol. The van der Waals surface area contributed by atoms with Gasteiger partial charge in [-0.3, -0.25) is 9.78 Å². The fraction of sp³-hybridized carbons (Fsp3) is 0.333. The molecule has 1 aromatic carbocycles. The van der Waals surface area contributed by atoms with Crippen LogP contribution < -0.4 is 10.2 Å². The van der Waals surface area contributed by atoms with E-state index in [1.807, 2.05) is 12.1 Å². The summed E-state index contributed by atoms with van der Waals surface area (Å²) in [6.07, 6.45) is 4.99. The van der Waals surface area contributed by atoms with Crippen LogP contribution in [0.3, 0.4) is 0 Å². The summed E-state index contributed by atoms with van der Waals surface area (Å²) in [6.45, 7) is 4.29. The van der Waals surface area contributed by atoms with Gasteiger partial charge in [0.05, 0.1) is 0 Å². The van der Waals surface area contributed by atoms with Gasteiger partial charge in [0.1, 0.15) is 11.3 Å². The minimum absolute atomic E-state index is 0.0620. The van der Waals surface area contributed by atoms with Crippen LogP contribution in [0.5, 0.6) is 0 Å². The number of pyridine rings is 1. The molecule has 3 aromatic rings. The van der Waals surface area contributed by atoms with Crippen LogP contribution in [0.15, 0.2) is 48.8 Å². The second-order valence-corrected chi connectivity index (χ2v) is 7.03. The molecule has 1 fully saturated rings. The minimum atomic E-state index is 0.0620. The first-order valence-corrected chi connectivity index (χ1v) is 9.35. The Kier molecular flexibility index (Phi) is 4.96. The van der Waals surface area contributed by atoms with Crippen LogP contribution >= 0.6 is 0 Å². The van der Waals surface area contributed by atoms with Gasteiger partial charge < -0.3 is 10.2 Å². The highest BCUT2D eigenvalue weighted by atomic mass is 16.1. The van der Waals surface area contributed by atoms with Gasteiger partial charge in [-0.1, -0.05) is 29.8 Å². The number of benzene rings is 1. The summed E-state index contributed by atoms with van der Waals surface area (Å²) in [5.41, 5.74) is 3.82. The Balaban J connectivity index is 1.32. The fourth-order valence-corrected chi connectivity index (χ4v) is 3.43. The van der Waals surface area contributed by atoms with Crippen LogP contribution in [-0.4, -0.2) is 33.9 Å². The molecule has 27 heavy (non-hydrogen) atoms. The van der Waals surface area contributed by atoms with Gasteiger partial charge in [0, 0.05) is 37.9 Å². The Labute approximate surface area is 158 Å². The molecule has 138 valence electrons. The molecule has 0 unspecified atom stereocenters. The molecule has 1 saturated heterocycles. The first kappa shape index (κ1) is 17.4. The minimum Gasteiger partial charge on any atom is -0.356 e. The van der Waals surface area contributed by atoms with Crippen LogP contribution in [0.1, 0.15) is 24.0 Å². The molecule has 0 aliphatic carbocycles. The summed E-state index contributed by atoms with van der Waals surface area (Å²) < 4.78 is 0. The number of hydrogen-bond acceptors (Lipinski definition) is 5. The average Bonchev–Trinajstić information content (AvgIpc) is 2.73. The third kappa shape index (κ3) is 4.05. The van der Waals surface area contributed by atoms with Crippen LogP contribution in [-0.2, 0) is 11.3 Å².